The molecule has 0 saturated heterocycles. The molecule has 23 heavy (non-hydrogen) atoms. The molecule has 1 aliphatic heterocycles. The van der Waals surface area contributed by atoms with Crippen molar-refractivity contribution in [3.8, 4) is 0 Å². The minimum atomic E-state index is -0.199. The van der Waals surface area contributed by atoms with E-state index in [0.717, 1.165) is 35.7 Å². The normalized spacial score (nSPS) is 17.1. The van der Waals surface area contributed by atoms with Crippen molar-refractivity contribution in [1.29, 1.82) is 0 Å². The second kappa shape index (κ2) is 7.97. The molecule has 0 fully saturated rings. The third-order valence-electron chi connectivity index (χ3n) is 3.65. The standard InChI is InChI=1S/C18H18BrFN2S/c19-10-17-11-21-18(23-17)22(12-14-4-2-1-3-5-14)13-15-6-8-16(20)9-7-15/h1-9,17H,10-13H2/t17-/m0/s1. The van der Waals surface area contributed by atoms with Crippen LogP contribution in [0.2, 0.25) is 0 Å². The topological polar surface area (TPSA) is 15.6 Å². The number of amidine groups is 1. The van der Waals surface area contributed by atoms with Gasteiger partial charge in [0.25, 0.3) is 0 Å². The fourth-order valence-corrected chi connectivity index (χ4v) is 4.00. The van der Waals surface area contributed by atoms with Gasteiger partial charge in [-0.25, -0.2) is 4.39 Å². The second-order valence-corrected chi connectivity index (χ2v) is 7.40. The highest BCUT2D eigenvalue weighted by Crippen LogP contribution is 2.27. The molecule has 3 rings (SSSR count). The summed E-state index contributed by atoms with van der Waals surface area (Å²) in [5.74, 6) is -0.199. The first kappa shape index (κ1) is 16.5. The number of aliphatic imine (C=N–C) groups is 1. The Morgan fingerprint density at radius 2 is 1.70 bits per heavy atom. The van der Waals surface area contributed by atoms with Gasteiger partial charge in [0, 0.05) is 23.7 Å². The Kier molecular flexibility index (Phi) is 5.73. The fraction of sp³-hybridized carbons (Fsp3) is 0.278. The smallest absolute Gasteiger partial charge is 0.160 e. The highest BCUT2D eigenvalue weighted by molar-refractivity contribution is 9.09. The fourth-order valence-electron chi connectivity index (χ4n) is 2.46. The van der Waals surface area contributed by atoms with Crippen molar-refractivity contribution in [3.05, 3.63) is 71.5 Å². The second-order valence-electron chi connectivity index (χ2n) is 5.49. The van der Waals surface area contributed by atoms with Crippen LogP contribution in [-0.2, 0) is 13.1 Å². The number of rotatable bonds is 5. The minimum Gasteiger partial charge on any atom is -0.343 e. The SMILES string of the molecule is Fc1ccc(CN(Cc2ccccc2)C2=NC[C@H](CBr)S2)cc1. The summed E-state index contributed by atoms with van der Waals surface area (Å²) >= 11 is 5.36. The van der Waals surface area contributed by atoms with Crippen LogP contribution >= 0.6 is 27.7 Å². The average Bonchev–Trinajstić information content (AvgIpc) is 3.06. The summed E-state index contributed by atoms with van der Waals surface area (Å²) in [7, 11) is 0. The number of hydrogen-bond donors (Lipinski definition) is 0. The first-order valence-corrected chi connectivity index (χ1v) is 9.55. The lowest BCUT2D eigenvalue weighted by Gasteiger charge is -2.24. The Hall–Kier alpha value is -1.33. The Morgan fingerprint density at radius 1 is 1.04 bits per heavy atom. The summed E-state index contributed by atoms with van der Waals surface area (Å²) in [6.07, 6.45) is 0. The van der Waals surface area contributed by atoms with E-state index >= 15 is 0 Å². The summed E-state index contributed by atoms with van der Waals surface area (Å²) < 4.78 is 13.1. The van der Waals surface area contributed by atoms with E-state index in [1.807, 2.05) is 30.0 Å². The maximum atomic E-state index is 13.1. The Morgan fingerprint density at radius 3 is 2.30 bits per heavy atom. The molecule has 1 heterocycles. The van der Waals surface area contributed by atoms with E-state index in [2.05, 4.69) is 45.1 Å². The summed E-state index contributed by atoms with van der Waals surface area (Å²) in [6, 6.07) is 17.1. The highest BCUT2D eigenvalue weighted by Gasteiger charge is 2.23. The van der Waals surface area contributed by atoms with Crippen LogP contribution in [0.3, 0.4) is 0 Å². The lowest BCUT2D eigenvalue weighted by molar-refractivity contribution is 0.414. The van der Waals surface area contributed by atoms with Gasteiger partial charge in [-0.3, -0.25) is 4.99 Å². The molecule has 0 amide bonds. The van der Waals surface area contributed by atoms with Crippen LogP contribution in [0.25, 0.3) is 0 Å². The van der Waals surface area contributed by atoms with E-state index in [0.29, 0.717) is 5.25 Å². The number of alkyl halides is 1. The summed E-state index contributed by atoms with van der Waals surface area (Å²) in [4.78, 5) is 6.97. The van der Waals surface area contributed by atoms with Gasteiger partial charge in [-0.1, -0.05) is 70.2 Å². The first-order valence-electron chi connectivity index (χ1n) is 7.55. The molecular formula is C18H18BrFN2S. The van der Waals surface area contributed by atoms with Gasteiger partial charge < -0.3 is 4.90 Å². The third-order valence-corrected chi connectivity index (χ3v) is 6.11. The quantitative estimate of drug-likeness (QED) is 0.685. The van der Waals surface area contributed by atoms with Gasteiger partial charge in [-0.2, -0.15) is 0 Å². The van der Waals surface area contributed by atoms with E-state index in [1.54, 1.807) is 0 Å². The molecule has 0 radical (unpaired) electrons. The predicted octanol–water partition coefficient (Wildman–Crippen LogP) is 4.69. The predicted molar refractivity (Wildman–Crippen MR) is 99.6 cm³/mol. The third kappa shape index (κ3) is 4.58. The van der Waals surface area contributed by atoms with Crippen molar-refractivity contribution in [2.45, 2.75) is 18.3 Å². The van der Waals surface area contributed by atoms with Crippen LogP contribution < -0.4 is 0 Å². The largest absolute Gasteiger partial charge is 0.343 e. The molecule has 120 valence electrons. The summed E-state index contributed by atoms with van der Waals surface area (Å²) in [6.45, 7) is 2.38. The molecule has 0 saturated carbocycles. The zero-order valence-electron chi connectivity index (χ0n) is 12.7. The Bertz CT molecular complexity index is 660. The molecular weight excluding hydrogens is 375 g/mol. The van der Waals surface area contributed by atoms with Crippen molar-refractivity contribution < 1.29 is 4.39 Å². The van der Waals surface area contributed by atoms with Crippen molar-refractivity contribution in [2.24, 2.45) is 4.99 Å². The van der Waals surface area contributed by atoms with Gasteiger partial charge in [0.15, 0.2) is 5.17 Å². The number of nitrogens with zero attached hydrogens (tertiary/aromatic N) is 2. The first-order chi connectivity index (χ1) is 11.2. The van der Waals surface area contributed by atoms with Gasteiger partial charge in [-0.15, -0.1) is 0 Å². The molecule has 0 bridgehead atoms. The maximum absolute atomic E-state index is 13.1. The van der Waals surface area contributed by atoms with Crippen LogP contribution in [0, 0.1) is 5.82 Å². The zero-order valence-corrected chi connectivity index (χ0v) is 15.1. The number of benzene rings is 2. The molecule has 5 heteroatoms. The highest BCUT2D eigenvalue weighted by atomic mass is 79.9. The molecule has 0 aromatic heterocycles. The van der Waals surface area contributed by atoms with Crippen molar-refractivity contribution in [3.63, 3.8) is 0 Å². The summed E-state index contributed by atoms with van der Waals surface area (Å²) in [5, 5.41) is 2.51. The molecule has 2 aromatic carbocycles. The van der Waals surface area contributed by atoms with Gasteiger partial charge in [-0.05, 0) is 23.3 Å². The van der Waals surface area contributed by atoms with E-state index in [1.165, 1.54) is 17.7 Å². The van der Waals surface area contributed by atoms with Gasteiger partial charge >= 0.3 is 0 Å². The van der Waals surface area contributed by atoms with Crippen molar-refractivity contribution in [2.75, 3.05) is 11.9 Å². The Labute approximate surface area is 148 Å². The average molecular weight is 393 g/mol. The monoisotopic (exact) mass is 392 g/mol. The molecule has 0 spiro atoms. The molecule has 2 nitrogen and oxygen atoms in total. The van der Waals surface area contributed by atoms with Gasteiger partial charge in [0.05, 0.1) is 6.54 Å². The lowest BCUT2D eigenvalue weighted by atomic mass is 10.2. The zero-order chi connectivity index (χ0) is 16.1. The van der Waals surface area contributed by atoms with Crippen LogP contribution in [0.1, 0.15) is 11.1 Å². The van der Waals surface area contributed by atoms with E-state index in [9.17, 15) is 4.39 Å². The van der Waals surface area contributed by atoms with Crippen LogP contribution in [0.15, 0.2) is 59.6 Å². The molecule has 0 aliphatic carbocycles. The van der Waals surface area contributed by atoms with Crippen molar-refractivity contribution >= 4 is 32.9 Å². The molecule has 1 atom stereocenters. The van der Waals surface area contributed by atoms with Crippen LogP contribution in [0.4, 0.5) is 4.39 Å². The molecule has 1 aliphatic rings. The number of halogens is 2. The van der Waals surface area contributed by atoms with Gasteiger partial charge in [0.1, 0.15) is 5.82 Å². The molecule has 0 unspecified atom stereocenters. The van der Waals surface area contributed by atoms with Crippen LogP contribution in [0.5, 0.6) is 0 Å². The number of thioether (sulfide) groups is 1. The van der Waals surface area contributed by atoms with E-state index in [-0.39, 0.29) is 5.82 Å². The van der Waals surface area contributed by atoms with Crippen molar-refractivity contribution in [1.82, 2.24) is 4.90 Å². The number of hydrogen-bond acceptors (Lipinski definition) is 3. The van der Waals surface area contributed by atoms with Gasteiger partial charge in [0.2, 0.25) is 0 Å². The minimum absolute atomic E-state index is 0.199. The van der Waals surface area contributed by atoms with E-state index < -0.39 is 0 Å². The lowest BCUT2D eigenvalue weighted by Crippen LogP contribution is -2.27. The van der Waals surface area contributed by atoms with Crippen LogP contribution in [-0.4, -0.2) is 27.2 Å². The summed E-state index contributed by atoms with van der Waals surface area (Å²) in [5.41, 5.74) is 2.34. The maximum Gasteiger partial charge on any atom is 0.160 e. The van der Waals surface area contributed by atoms with E-state index in [4.69, 9.17) is 4.99 Å². The molecule has 2 aromatic rings. The Balaban J connectivity index is 1.77. The molecule has 0 N–H and O–H groups in total.